The van der Waals surface area contributed by atoms with Crippen molar-refractivity contribution in [3.8, 4) is 5.75 Å². The van der Waals surface area contributed by atoms with Crippen LogP contribution >= 0.6 is 0 Å². The van der Waals surface area contributed by atoms with E-state index in [4.69, 9.17) is 10.5 Å². The molecule has 1 saturated heterocycles. The lowest BCUT2D eigenvalue weighted by Crippen LogP contribution is -2.39. The number of nitrogens with two attached hydrogens (primary N) is 1. The number of cyclic esters (lactones) is 1. The minimum absolute atomic E-state index is 0.188. The van der Waals surface area contributed by atoms with Crippen molar-refractivity contribution < 1.29 is 14.6 Å². The van der Waals surface area contributed by atoms with E-state index in [0.717, 1.165) is 5.56 Å². The molecule has 2 rings (SSSR count). The molecule has 16 heavy (non-hydrogen) atoms. The monoisotopic (exact) mass is 222 g/mol. The van der Waals surface area contributed by atoms with Crippen molar-refractivity contribution in [3.63, 3.8) is 0 Å². The highest BCUT2D eigenvalue weighted by molar-refractivity contribution is 5.70. The smallest absolute Gasteiger partial charge is 0.407 e. The van der Waals surface area contributed by atoms with E-state index in [1.807, 2.05) is 6.07 Å². The van der Waals surface area contributed by atoms with Gasteiger partial charge in [-0.1, -0.05) is 18.2 Å². The van der Waals surface area contributed by atoms with E-state index in [0.29, 0.717) is 13.0 Å². The van der Waals surface area contributed by atoms with Crippen molar-refractivity contribution >= 4 is 6.09 Å². The second kappa shape index (κ2) is 4.40. The number of amides is 1. The first kappa shape index (κ1) is 10.8. The third-order valence-electron chi connectivity index (χ3n) is 2.68. The molecular formula is C11H14N2O3. The second-order valence-corrected chi connectivity index (χ2v) is 3.76. The molecule has 0 aromatic heterocycles. The fourth-order valence-corrected chi connectivity index (χ4v) is 1.79. The minimum atomic E-state index is -0.448. The summed E-state index contributed by atoms with van der Waals surface area (Å²) in [6.07, 6.45) is -0.297. The number of ether oxygens (including phenoxy) is 1. The van der Waals surface area contributed by atoms with Gasteiger partial charge in [-0.25, -0.2) is 4.79 Å². The van der Waals surface area contributed by atoms with Crippen LogP contribution in [-0.2, 0) is 11.2 Å². The molecule has 1 amide bonds. The molecule has 2 unspecified atom stereocenters. The quantitative estimate of drug-likeness (QED) is 0.689. The number of benzene rings is 1. The standard InChI is InChI=1S/C11H14N2O3/c12-6-8-10(16-11(15)13-8)5-7-3-1-2-4-9(7)14/h1-4,8,10,14H,5-6,12H2,(H,13,15). The van der Waals surface area contributed by atoms with Crippen LogP contribution in [0.1, 0.15) is 5.56 Å². The molecule has 86 valence electrons. The van der Waals surface area contributed by atoms with Gasteiger partial charge in [-0.05, 0) is 11.6 Å². The van der Waals surface area contributed by atoms with Gasteiger partial charge < -0.3 is 20.9 Å². The van der Waals surface area contributed by atoms with E-state index >= 15 is 0 Å². The van der Waals surface area contributed by atoms with Crippen LogP contribution in [0.5, 0.6) is 5.75 Å². The predicted octanol–water partition coefficient (Wildman–Crippen LogP) is 0.370. The molecule has 5 heteroatoms. The summed E-state index contributed by atoms with van der Waals surface area (Å²) >= 11 is 0. The molecule has 0 aliphatic carbocycles. The normalized spacial score (nSPS) is 23.9. The highest BCUT2D eigenvalue weighted by atomic mass is 16.6. The number of nitrogens with one attached hydrogen (secondary N) is 1. The molecule has 1 heterocycles. The Kier molecular flexibility index (Phi) is 2.96. The number of alkyl carbamates (subject to hydrolysis) is 1. The fourth-order valence-electron chi connectivity index (χ4n) is 1.79. The Morgan fingerprint density at radius 2 is 2.19 bits per heavy atom. The maximum absolute atomic E-state index is 11.0. The summed E-state index contributed by atoms with van der Waals surface area (Å²) in [6, 6.07) is 6.80. The average Bonchev–Trinajstić information content (AvgIpc) is 2.62. The summed E-state index contributed by atoms with van der Waals surface area (Å²) in [5.74, 6) is 0.209. The van der Waals surface area contributed by atoms with Crippen LogP contribution in [0.15, 0.2) is 24.3 Å². The van der Waals surface area contributed by atoms with Crippen LogP contribution in [0.4, 0.5) is 4.79 Å². The first-order chi connectivity index (χ1) is 7.70. The largest absolute Gasteiger partial charge is 0.508 e. The van der Waals surface area contributed by atoms with Crippen LogP contribution in [0.2, 0.25) is 0 Å². The summed E-state index contributed by atoms with van der Waals surface area (Å²) in [7, 11) is 0. The lowest BCUT2D eigenvalue weighted by molar-refractivity contribution is 0.132. The van der Waals surface area contributed by atoms with Crippen LogP contribution in [0.3, 0.4) is 0 Å². The van der Waals surface area contributed by atoms with Crippen LogP contribution in [0.25, 0.3) is 0 Å². The molecule has 0 radical (unpaired) electrons. The van der Waals surface area contributed by atoms with E-state index in [1.165, 1.54) is 0 Å². The van der Waals surface area contributed by atoms with Crippen molar-refractivity contribution in [2.24, 2.45) is 5.73 Å². The molecule has 0 spiro atoms. The molecule has 1 aliphatic rings. The molecule has 2 atom stereocenters. The van der Waals surface area contributed by atoms with Gasteiger partial charge in [-0.2, -0.15) is 0 Å². The summed E-state index contributed by atoms with van der Waals surface area (Å²) < 4.78 is 5.08. The maximum Gasteiger partial charge on any atom is 0.407 e. The fraction of sp³-hybridized carbons (Fsp3) is 0.364. The van der Waals surface area contributed by atoms with Gasteiger partial charge in [0, 0.05) is 13.0 Å². The number of phenols is 1. The molecule has 5 nitrogen and oxygen atoms in total. The Hall–Kier alpha value is -1.75. The SMILES string of the molecule is NCC1NC(=O)OC1Cc1ccccc1O. The lowest BCUT2D eigenvalue weighted by Gasteiger charge is -2.15. The highest BCUT2D eigenvalue weighted by Gasteiger charge is 2.33. The molecule has 1 aromatic carbocycles. The van der Waals surface area contributed by atoms with Crippen LogP contribution in [-0.4, -0.2) is 29.9 Å². The Morgan fingerprint density at radius 1 is 1.44 bits per heavy atom. The van der Waals surface area contributed by atoms with Gasteiger partial charge in [0.15, 0.2) is 0 Å². The van der Waals surface area contributed by atoms with E-state index in [1.54, 1.807) is 18.2 Å². The molecule has 4 N–H and O–H groups in total. The number of carbonyl (C=O) groups is 1. The third kappa shape index (κ3) is 2.09. The molecular weight excluding hydrogens is 208 g/mol. The van der Waals surface area contributed by atoms with Gasteiger partial charge >= 0.3 is 6.09 Å². The molecule has 1 aliphatic heterocycles. The summed E-state index contributed by atoms with van der Waals surface area (Å²) in [6.45, 7) is 0.323. The Labute approximate surface area is 93.2 Å². The lowest BCUT2D eigenvalue weighted by atomic mass is 10.0. The number of rotatable bonds is 3. The molecule has 0 saturated carbocycles. The van der Waals surface area contributed by atoms with Crippen molar-refractivity contribution in [2.75, 3.05) is 6.54 Å². The predicted molar refractivity (Wildman–Crippen MR) is 58.1 cm³/mol. The van der Waals surface area contributed by atoms with Crippen molar-refractivity contribution in [2.45, 2.75) is 18.6 Å². The Balaban J connectivity index is 2.10. The van der Waals surface area contributed by atoms with Crippen LogP contribution < -0.4 is 11.1 Å². The van der Waals surface area contributed by atoms with Gasteiger partial charge in [0.05, 0.1) is 6.04 Å². The van der Waals surface area contributed by atoms with Crippen molar-refractivity contribution in [3.05, 3.63) is 29.8 Å². The Morgan fingerprint density at radius 3 is 2.88 bits per heavy atom. The molecule has 0 bridgehead atoms. The number of hydrogen-bond donors (Lipinski definition) is 3. The van der Waals surface area contributed by atoms with Crippen molar-refractivity contribution in [1.82, 2.24) is 5.32 Å². The highest BCUT2D eigenvalue weighted by Crippen LogP contribution is 2.21. The number of carbonyl (C=O) groups excluding carboxylic acids is 1. The minimum Gasteiger partial charge on any atom is -0.508 e. The summed E-state index contributed by atoms with van der Waals surface area (Å²) in [4.78, 5) is 11.0. The summed E-state index contributed by atoms with van der Waals surface area (Å²) in [5.41, 5.74) is 6.27. The maximum atomic E-state index is 11.0. The first-order valence-corrected chi connectivity index (χ1v) is 5.15. The zero-order chi connectivity index (χ0) is 11.5. The van der Waals surface area contributed by atoms with E-state index in [2.05, 4.69) is 5.32 Å². The van der Waals surface area contributed by atoms with E-state index < -0.39 is 6.09 Å². The second-order valence-electron chi connectivity index (χ2n) is 3.76. The van der Waals surface area contributed by atoms with Gasteiger partial charge in [-0.3, -0.25) is 0 Å². The van der Waals surface area contributed by atoms with E-state index in [9.17, 15) is 9.90 Å². The van der Waals surface area contributed by atoms with E-state index in [-0.39, 0.29) is 17.9 Å². The average molecular weight is 222 g/mol. The first-order valence-electron chi connectivity index (χ1n) is 5.15. The number of para-hydroxylation sites is 1. The van der Waals surface area contributed by atoms with Crippen LogP contribution in [0, 0.1) is 0 Å². The zero-order valence-electron chi connectivity index (χ0n) is 8.72. The topological polar surface area (TPSA) is 84.6 Å². The third-order valence-corrected chi connectivity index (χ3v) is 2.68. The summed E-state index contributed by atoms with van der Waals surface area (Å²) in [5, 5.41) is 12.2. The van der Waals surface area contributed by atoms with Gasteiger partial charge in [-0.15, -0.1) is 0 Å². The van der Waals surface area contributed by atoms with Gasteiger partial charge in [0.1, 0.15) is 11.9 Å². The zero-order valence-corrected chi connectivity index (χ0v) is 8.72. The van der Waals surface area contributed by atoms with Crippen molar-refractivity contribution in [1.29, 1.82) is 0 Å². The molecule has 1 aromatic rings. The number of hydrogen-bond acceptors (Lipinski definition) is 4. The number of aromatic hydroxyl groups is 1. The van der Waals surface area contributed by atoms with Gasteiger partial charge in [0.2, 0.25) is 0 Å². The number of phenolic OH excluding ortho intramolecular Hbond substituents is 1. The molecule has 1 fully saturated rings. The van der Waals surface area contributed by atoms with Gasteiger partial charge in [0.25, 0.3) is 0 Å². The Bertz CT molecular complexity index is 395.